The van der Waals surface area contributed by atoms with Crippen LogP contribution < -0.4 is 74.2 Å². The Labute approximate surface area is 711 Å². The molecule has 4 aliphatic heterocycles. The molecule has 0 spiro atoms. The Morgan fingerprint density at radius 1 is 0.241 bits per heavy atom. The molecule has 0 radical (unpaired) electrons. The van der Waals surface area contributed by atoms with Gasteiger partial charge in [0.2, 0.25) is 0 Å². The van der Waals surface area contributed by atoms with Gasteiger partial charge in [-0.25, -0.2) is 0 Å². The van der Waals surface area contributed by atoms with Crippen LogP contribution in [0.5, 0.6) is 11.5 Å². The van der Waals surface area contributed by atoms with Gasteiger partial charge in [-0.15, -0.1) is 22.8 Å². The van der Waals surface area contributed by atoms with Crippen LogP contribution in [0.1, 0.15) is 194 Å². The van der Waals surface area contributed by atoms with Crippen LogP contribution in [0.2, 0.25) is 0 Å². The van der Waals surface area contributed by atoms with Crippen molar-refractivity contribution >= 4 is 0 Å². The van der Waals surface area contributed by atoms with Gasteiger partial charge in [0, 0.05) is 204 Å². The molecule has 0 amide bonds. The number of aromatic nitrogens is 8. The van der Waals surface area contributed by atoms with E-state index in [4.69, 9.17) is 58.8 Å². The summed E-state index contributed by atoms with van der Waals surface area (Å²) >= 11 is 0. The van der Waals surface area contributed by atoms with Crippen molar-refractivity contribution in [2.45, 2.75) is 109 Å². The van der Waals surface area contributed by atoms with E-state index < -0.39 is 0 Å². The second-order valence-electron chi connectivity index (χ2n) is 29.2. The number of rotatable bonds is 8. The van der Waals surface area contributed by atoms with Crippen molar-refractivity contribution in [3.63, 3.8) is 0 Å². The molecule has 16 heteroatoms. The summed E-state index contributed by atoms with van der Waals surface area (Å²) in [4.78, 5) is 42.4. The summed E-state index contributed by atoms with van der Waals surface area (Å²) in [6.45, 7) is 30.0. The van der Waals surface area contributed by atoms with Gasteiger partial charge in [-0.2, -0.15) is 0 Å². The van der Waals surface area contributed by atoms with Gasteiger partial charge in [-0.1, -0.05) is 22.8 Å². The van der Waals surface area contributed by atoms with E-state index in [2.05, 4.69) is 253 Å². The Morgan fingerprint density at radius 2 is 0.420 bits per heavy atom. The molecule has 16 bridgehead atoms. The van der Waals surface area contributed by atoms with Gasteiger partial charge in [-0.05, 0) is 274 Å². The Hall–Kier alpha value is -9.35. The van der Waals surface area contributed by atoms with Crippen LogP contribution in [-0.2, 0) is 61.9 Å². The first-order valence-corrected chi connectivity index (χ1v) is 37.5. The maximum Gasteiger partial charge on any atom is 2.00 e. The van der Waals surface area contributed by atoms with Crippen molar-refractivity contribution in [1.82, 2.24) is 39.9 Å². The molecule has 2 fully saturated rings. The molecule has 0 saturated carbocycles. The normalized spacial score (nSPS) is 13.2. The quantitative estimate of drug-likeness (QED) is 0.133. The van der Waals surface area contributed by atoms with Crippen LogP contribution in [0.3, 0.4) is 0 Å². The van der Waals surface area contributed by atoms with E-state index in [-0.39, 0.29) is 77.2 Å². The average Bonchev–Trinajstić information content (AvgIpc) is 1.63. The molecule has 2 saturated heterocycles. The number of halogens is 2. The zero-order chi connectivity index (χ0) is 75.0. The van der Waals surface area contributed by atoms with Crippen LogP contribution in [0.25, 0.3) is 22.8 Å². The van der Waals surface area contributed by atoms with Crippen LogP contribution in [0.15, 0.2) is 194 Å². The third-order valence-corrected chi connectivity index (χ3v) is 20.8. The van der Waals surface area contributed by atoms with E-state index in [0.29, 0.717) is 0 Å². The number of ether oxygens (including phenoxy) is 4. The number of methoxy groups -OCH3 is 2. The molecule has 0 N–H and O–H groups in total. The zero-order valence-corrected chi connectivity index (χ0v) is 72.5. The topological polar surface area (TPSA) is 150 Å². The fourth-order valence-corrected chi connectivity index (χ4v) is 16.4. The maximum atomic E-state index is 5.52. The summed E-state index contributed by atoms with van der Waals surface area (Å²) in [5.41, 5.74) is 34.8. The van der Waals surface area contributed by atoms with Crippen molar-refractivity contribution in [1.29, 1.82) is 0 Å². The number of nitrogens with zero attached hydrogens (tertiary/aromatic N) is 8. The first-order valence-electron chi connectivity index (χ1n) is 37.5. The fourth-order valence-electron chi connectivity index (χ4n) is 16.4. The summed E-state index contributed by atoms with van der Waals surface area (Å²) in [6.07, 6.45) is 5.11. The third-order valence-electron chi connectivity index (χ3n) is 20.8. The molecule has 112 heavy (non-hydrogen) atoms. The second-order valence-corrected chi connectivity index (χ2v) is 29.2. The first-order chi connectivity index (χ1) is 52.4. The summed E-state index contributed by atoms with van der Waals surface area (Å²) in [7, 11) is 3.38. The zero-order valence-electron chi connectivity index (χ0n) is 66.1. The predicted molar refractivity (Wildman–Crippen MR) is 428 cm³/mol. The molecule has 18 rings (SSSR count). The molecule has 560 valence electrons. The summed E-state index contributed by atoms with van der Waals surface area (Å²) in [5, 5.41) is 0. The van der Waals surface area contributed by atoms with E-state index in [1.165, 1.54) is 92.4 Å². The van der Waals surface area contributed by atoms with Gasteiger partial charge in [-0.3, -0.25) is 0 Å². The number of fused-ring (bicyclic) bond motifs is 18. The third kappa shape index (κ3) is 17.3. The maximum absolute atomic E-state index is 5.52. The second kappa shape index (κ2) is 36.2. The van der Waals surface area contributed by atoms with E-state index >= 15 is 0 Å². The molecule has 12 nitrogen and oxygen atoms in total. The molecular weight excluding hydrogens is 1580 g/mol. The summed E-state index contributed by atoms with van der Waals surface area (Å²) < 4.78 is 20.9. The number of hydrogen-bond donors (Lipinski definition) is 0. The smallest absolute Gasteiger partial charge is 1.00 e. The molecule has 8 aromatic heterocycles. The fraction of sp³-hybridized carbons (Fsp3) is 0.229. The van der Waals surface area contributed by atoms with Crippen molar-refractivity contribution in [2.75, 3.05) is 40.6 Å². The Morgan fingerprint density at radius 3 is 0.598 bits per heavy atom. The van der Waals surface area contributed by atoms with Gasteiger partial charge >= 0.3 is 52.4 Å². The van der Waals surface area contributed by atoms with E-state index in [0.717, 1.165) is 198 Å². The van der Waals surface area contributed by atoms with Crippen LogP contribution in [-0.4, -0.2) is 40.6 Å². The predicted octanol–water partition coefficient (Wildman–Crippen LogP) is 12.4. The molecule has 12 heterocycles. The molecule has 14 aromatic rings. The largest absolute Gasteiger partial charge is 2.00 e. The first kappa shape index (κ1) is 83.6. The van der Waals surface area contributed by atoms with Crippen LogP contribution in [0.4, 0.5) is 0 Å². The molecule has 4 aliphatic rings. The van der Waals surface area contributed by atoms with E-state index in [1.807, 2.05) is 24.3 Å². The Balaban J connectivity index is 0.000000190. The van der Waals surface area contributed by atoms with E-state index in [9.17, 15) is 0 Å². The summed E-state index contributed by atoms with van der Waals surface area (Å²) in [6, 6.07) is 67.8. The van der Waals surface area contributed by atoms with Crippen LogP contribution >= 0.6 is 0 Å². The number of benzene rings is 6. The minimum atomic E-state index is 0. The molecule has 0 aliphatic carbocycles. The van der Waals surface area contributed by atoms with Gasteiger partial charge in [0.15, 0.2) is 0 Å². The summed E-state index contributed by atoms with van der Waals surface area (Å²) in [5.74, 6) is 7.55. The van der Waals surface area contributed by atoms with Crippen molar-refractivity contribution in [3.8, 4) is 34.3 Å². The van der Waals surface area contributed by atoms with Crippen LogP contribution in [0, 0.1) is 119 Å². The Kier molecular flexibility index (Phi) is 27.0. The number of hydrogen-bond acceptors (Lipinski definition) is 4. The minimum Gasteiger partial charge on any atom is -1.00 e. The molecule has 0 unspecified atom stereocenters. The monoisotopic (exact) mass is 1670 g/mol. The minimum absolute atomic E-state index is 0. The molecular formula is C96H90Cl2N8O4Zr2. The average molecular weight is 1670 g/mol. The van der Waals surface area contributed by atoms with Crippen molar-refractivity contribution in [2.24, 2.45) is 0 Å². The van der Waals surface area contributed by atoms with Crippen molar-refractivity contribution < 1.29 is 96.2 Å². The molecule has 0 atom stereocenters. The standard InChI is InChI=1S/2C44H37N4O.2C4H8O.2ClH.2Zr/c2*1-24-20-26(3)40(27(4)21-24)43-36-14-12-32(45-36)33-13-15-37(46-33)44(41-28(5)22-25(2)23-29(41)6)39-19-17-35(48-39)42(34-16-18-38(43)47-34)30-8-10-31(49-7)11-9-30;2*1-2-4-5-3-1;;;;/h2*8-23H,1-7H3;2*1-4H2;2*1H;;/q2*-1;;;;;2*+2/p-2. The van der Waals surface area contributed by atoms with Gasteiger partial charge in [0.1, 0.15) is 11.5 Å². The van der Waals surface area contributed by atoms with Gasteiger partial charge in [0.05, 0.1) is 47.6 Å². The van der Waals surface area contributed by atoms with Gasteiger partial charge in [0.25, 0.3) is 0 Å². The van der Waals surface area contributed by atoms with Gasteiger partial charge < -0.3 is 83.6 Å². The SMILES string of the molecule is C1CCOC1.C1CCOC1.COc1ccc([C+]2c3ccc([n-]3)[C+](c3c(C)cc(C)cc3C)c3ccc([n-]3)-c3ccc([n-]3)[C+](c3c(C)cc(C)cc3C)c3ccc2[n-]3)cc1.COc1ccc([C+]2c3ccc([n-]3)[C+](c3c(C)cc(C)cc3C)c3ccc([n-]3)-c3ccc([n-]3)[C+](c3c(C)cc(C)cc3C)c3ccc2[n-]3)cc1.[Cl-].[Cl-].[Zr+2].[Zr+2]. The van der Waals surface area contributed by atoms with E-state index in [1.54, 1.807) is 14.2 Å². The Bertz CT molecular complexity index is 4770. The molecule has 6 aromatic carbocycles. The van der Waals surface area contributed by atoms with Crippen molar-refractivity contribution in [3.05, 3.63) is 398 Å². The number of aryl methyl sites for hydroxylation is 12.